The molecule has 2 heterocycles. The monoisotopic (exact) mass is 386 g/mol. The molecule has 0 atom stereocenters. The number of ether oxygens (including phenoxy) is 1. The molecule has 2 aromatic carbocycles. The summed E-state index contributed by atoms with van der Waals surface area (Å²) >= 11 is 0. The largest absolute Gasteiger partial charge is 0.497 e. The third-order valence-electron chi connectivity index (χ3n) is 5.17. The van der Waals surface area contributed by atoms with Gasteiger partial charge in [0.25, 0.3) is 0 Å². The van der Waals surface area contributed by atoms with Crippen molar-refractivity contribution in [3.63, 3.8) is 0 Å². The summed E-state index contributed by atoms with van der Waals surface area (Å²) in [4.78, 5) is 7.33. The number of benzene rings is 2. The SMILES string of the molecule is CCN(Cc1ccccc1)Cc1c(-c2ccc(OC)cc2)nc2ccc(N)cn12. The Balaban J connectivity index is 1.74. The number of nitrogen functional groups attached to an aromatic ring is 1. The van der Waals surface area contributed by atoms with Gasteiger partial charge in [-0.1, -0.05) is 37.3 Å². The molecule has 0 fully saturated rings. The first kappa shape index (κ1) is 19.0. The summed E-state index contributed by atoms with van der Waals surface area (Å²) in [5.74, 6) is 0.836. The van der Waals surface area contributed by atoms with Crippen molar-refractivity contribution in [1.82, 2.24) is 14.3 Å². The molecule has 2 N–H and O–H groups in total. The lowest BCUT2D eigenvalue weighted by Crippen LogP contribution is -2.23. The van der Waals surface area contributed by atoms with Gasteiger partial charge in [0.15, 0.2) is 0 Å². The van der Waals surface area contributed by atoms with Gasteiger partial charge in [-0.2, -0.15) is 0 Å². The van der Waals surface area contributed by atoms with E-state index in [2.05, 4.69) is 58.7 Å². The number of hydrogen-bond acceptors (Lipinski definition) is 4. The number of pyridine rings is 1. The molecule has 5 nitrogen and oxygen atoms in total. The molecule has 0 amide bonds. The summed E-state index contributed by atoms with van der Waals surface area (Å²) in [7, 11) is 1.68. The van der Waals surface area contributed by atoms with Crippen LogP contribution in [0.1, 0.15) is 18.2 Å². The fraction of sp³-hybridized carbons (Fsp3) is 0.208. The van der Waals surface area contributed by atoms with Gasteiger partial charge in [0, 0.05) is 30.5 Å². The van der Waals surface area contributed by atoms with E-state index in [-0.39, 0.29) is 0 Å². The lowest BCUT2D eigenvalue weighted by molar-refractivity contribution is 0.268. The molecule has 0 aliphatic heterocycles. The van der Waals surface area contributed by atoms with Crippen molar-refractivity contribution in [3.05, 3.63) is 84.2 Å². The molecule has 29 heavy (non-hydrogen) atoms. The quantitative estimate of drug-likeness (QED) is 0.504. The second-order valence-corrected chi connectivity index (χ2v) is 7.12. The zero-order valence-electron chi connectivity index (χ0n) is 16.9. The number of imidazole rings is 1. The van der Waals surface area contributed by atoms with E-state index in [0.717, 1.165) is 53.7 Å². The average Bonchev–Trinajstić information content (AvgIpc) is 3.11. The van der Waals surface area contributed by atoms with Crippen LogP contribution in [0.15, 0.2) is 72.9 Å². The van der Waals surface area contributed by atoms with E-state index in [0.29, 0.717) is 0 Å². The first-order valence-corrected chi connectivity index (χ1v) is 9.85. The third-order valence-corrected chi connectivity index (χ3v) is 5.17. The molecule has 4 aromatic rings. The summed E-state index contributed by atoms with van der Waals surface area (Å²) in [5.41, 5.74) is 12.2. The highest BCUT2D eigenvalue weighted by molar-refractivity contribution is 5.68. The number of anilines is 1. The Hall–Kier alpha value is -3.31. The molecule has 148 valence electrons. The molecule has 2 aromatic heterocycles. The van der Waals surface area contributed by atoms with Crippen molar-refractivity contribution in [2.24, 2.45) is 0 Å². The topological polar surface area (TPSA) is 55.8 Å². The molecule has 4 rings (SSSR count). The van der Waals surface area contributed by atoms with Crippen LogP contribution >= 0.6 is 0 Å². The van der Waals surface area contributed by atoms with Crippen LogP contribution < -0.4 is 10.5 Å². The predicted octanol–water partition coefficient (Wildman–Crippen LogP) is 4.61. The summed E-state index contributed by atoms with van der Waals surface area (Å²) in [6, 6.07) is 22.5. The van der Waals surface area contributed by atoms with Gasteiger partial charge < -0.3 is 14.9 Å². The number of rotatable bonds is 7. The number of fused-ring (bicyclic) bond motifs is 1. The highest BCUT2D eigenvalue weighted by Gasteiger charge is 2.17. The number of nitrogens with zero attached hydrogens (tertiary/aromatic N) is 3. The van der Waals surface area contributed by atoms with Gasteiger partial charge in [0.2, 0.25) is 0 Å². The number of hydrogen-bond donors (Lipinski definition) is 1. The molecule has 0 radical (unpaired) electrons. The Morgan fingerprint density at radius 2 is 1.72 bits per heavy atom. The first-order chi connectivity index (χ1) is 14.2. The summed E-state index contributed by atoms with van der Waals surface area (Å²) in [6.07, 6.45) is 1.96. The zero-order chi connectivity index (χ0) is 20.2. The number of methoxy groups -OCH3 is 1. The highest BCUT2D eigenvalue weighted by atomic mass is 16.5. The normalized spacial score (nSPS) is 11.3. The second kappa shape index (κ2) is 8.37. The van der Waals surface area contributed by atoms with Gasteiger partial charge in [-0.25, -0.2) is 4.98 Å². The zero-order valence-corrected chi connectivity index (χ0v) is 16.9. The number of nitrogens with two attached hydrogens (primary N) is 1. The van der Waals surface area contributed by atoms with Gasteiger partial charge in [-0.3, -0.25) is 4.90 Å². The van der Waals surface area contributed by atoms with E-state index >= 15 is 0 Å². The summed E-state index contributed by atoms with van der Waals surface area (Å²) < 4.78 is 7.42. The maximum absolute atomic E-state index is 6.09. The van der Waals surface area contributed by atoms with Crippen LogP contribution in [0.25, 0.3) is 16.9 Å². The van der Waals surface area contributed by atoms with Gasteiger partial charge in [-0.15, -0.1) is 0 Å². The number of aromatic nitrogens is 2. The van der Waals surface area contributed by atoms with Gasteiger partial charge in [0.1, 0.15) is 11.4 Å². The third kappa shape index (κ3) is 4.10. The molecule has 0 spiro atoms. The lowest BCUT2D eigenvalue weighted by Gasteiger charge is -2.21. The molecule has 0 saturated carbocycles. The standard InChI is InChI=1S/C24H26N4O/c1-3-27(15-18-7-5-4-6-8-18)17-22-24(19-9-12-21(29-2)13-10-19)26-23-14-11-20(25)16-28(22)23/h4-14,16H,3,15,17,25H2,1-2H3. The molecule has 0 unspecified atom stereocenters. The Kier molecular flexibility index (Phi) is 5.49. The molecule has 0 aliphatic carbocycles. The Bertz CT molecular complexity index is 1090. The van der Waals surface area contributed by atoms with Gasteiger partial charge >= 0.3 is 0 Å². The fourth-order valence-corrected chi connectivity index (χ4v) is 3.57. The van der Waals surface area contributed by atoms with E-state index in [1.807, 2.05) is 30.5 Å². The first-order valence-electron chi connectivity index (χ1n) is 9.85. The van der Waals surface area contributed by atoms with Crippen molar-refractivity contribution in [2.75, 3.05) is 19.4 Å². The van der Waals surface area contributed by atoms with Crippen LogP contribution in [0.5, 0.6) is 5.75 Å². The average molecular weight is 386 g/mol. The smallest absolute Gasteiger partial charge is 0.137 e. The van der Waals surface area contributed by atoms with E-state index in [9.17, 15) is 0 Å². The van der Waals surface area contributed by atoms with Crippen molar-refractivity contribution in [2.45, 2.75) is 20.0 Å². The summed E-state index contributed by atoms with van der Waals surface area (Å²) in [5, 5.41) is 0. The van der Waals surface area contributed by atoms with Crippen LogP contribution in [0.4, 0.5) is 5.69 Å². The Morgan fingerprint density at radius 3 is 2.41 bits per heavy atom. The Labute approximate surface area is 171 Å². The highest BCUT2D eigenvalue weighted by Crippen LogP contribution is 2.28. The van der Waals surface area contributed by atoms with Gasteiger partial charge in [-0.05, 0) is 48.5 Å². The maximum atomic E-state index is 6.09. The van der Waals surface area contributed by atoms with E-state index in [1.165, 1.54) is 5.56 Å². The lowest BCUT2D eigenvalue weighted by atomic mass is 10.1. The van der Waals surface area contributed by atoms with Crippen LogP contribution in [0.2, 0.25) is 0 Å². The van der Waals surface area contributed by atoms with Crippen LogP contribution in [0, 0.1) is 0 Å². The minimum atomic E-state index is 0.725. The van der Waals surface area contributed by atoms with Crippen molar-refractivity contribution < 1.29 is 4.74 Å². The van der Waals surface area contributed by atoms with E-state index in [4.69, 9.17) is 15.5 Å². The van der Waals surface area contributed by atoms with Crippen LogP contribution in [-0.4, -0.2) is 27.9 Å². The van der Waals surface area contributed by atoms with E-state index < -0.39 is 0 Å². The molecule has 5 heteroatoms. The van der Waals surface area contributed by atoms with Gasteiger partial charge in [0.05, 0.1) is 18.5 Å². The van der Waals surface area contributed by atoms with Crippen molar-refractivity contribution in [3.8, 4) is 17.0 Å². The summed E-state index contributed by atoms with van der Waals surface area (Å²) in [6.45, 7) is 4.78. The molecule has 0 saturated heterocycles. The van der Waals surface area contributed by atoms with E-state index in [1.54, 1.807) is 7.11 Å². The fourth-order valence-electron chi connectivity index (χ4n) is 3.57. The minimum absolute atomic E-state index is 0.725. The molecule has 0 aliphatic rings. The second-order valence-electron chi connectivity index (χ2n) is 7.12. The molecule has 0 bridgehead atoms. The maximum Gasteiger partial charge on any atom is 0.137 e. The molecular formula is C24H26N4O. The molecular weight excluding hydrogens is 360 g/mol. The van der Waals surface area contributed by atoms with Crippen LogP contribution in [-0.2, 0) is 13.1 Å². The van der Waals surface area contributed by atoms with Crippen molar-refractivity contribution >= 4 is 11.3 Å². The predicted molar refractivity (Wildman–Crippen MR) is 118 cm³/mol. The van der Waals surface area contributed by atoms with Crippen molar-refractivity contribution in [1.29, 1.82) is 0 Å². The van der Waals surface area contributed by atoms with Crippen LogP contribution in [0.3, 0.4) is 0 Å². The Morgan fingerprint density at radius 1 is 0.966 bits per heavy atom. The minimum Gasteiger partial charge on any atom is -0.497 e.